The number of benzene rings is 1. The van der Waals surface area contributed by atoms with Crippen LogP contribution in [0.1, 0.15) is 20.1 Å². The number of aliphatic hydroxyl groups is 1. The van der Waals surface area contributed by atoms with E-state index in [4.69, 9.17) is 37.4 Å². The number of aromatic nitrogens is 1. The highest BCUT2D eigenvalue weighted by Crippen LogP contribution is 2.45. The Morgan fingerprint density at radius 3 is 2.54 bits per heavy atom. The van der Waals surface area contributed by atoms with Crippen molar-refractivity contribution in [1.82, 2.24) is 4.57 Å². The van der Waals surface area contributed by atoms with E-state index in [0.717, 1.165) is 15.5 Å². The molecule has 0 aliphatic carbocycles. The second-order valence-electron chi connectivity index (χ2n) is 6.47. The maximum Gasteiger partial charge on any atom is 0.164 e. The van der Waals surface area contributed by atoms with Crippen LogP contribution in [0.2, 0.25) is 10.0 Å². The highest BCUT2D eigenvalue weighted by atomic mass is 79.9. The maximum atomic E-state index is 9.64. The molecule has 0 bridgehead atoms. The minimum absolute atomic E-state index is 0.138. The van der Waals surface area contributed by atoms with Crippen molar-refractivity contribution in [3.63, 3.8) is 0 Å². The molecule has 2 aliphatic heterocycles. The van der Waals surface area contributed by atoms with Crippen molar-refractivity contribution in [3.8, 4) is 0 Å². The van der Waals surface area contributed by atoms with Crippen molar-refractivity contribution in [2.24, 2.45) is 0 Å². The first-order valence-electron chi connectivity index (χ1n) is 7.58. The third-order valence-electron chi connectivity index (χ3n) is 4.39. The van der Waals surface area contributed by atoms with Crippen LogP contribution in [-0.4, -0.2) is 40.4 Å². The number of hydrogen-bond donors (Lipinski definition) is 1. The number of fused-ring (bicyclic) bond motifs is 2. The minimum atomic E-state index is -0.721. The molecule has 2 aromatic rings. The molecule has 8 heteroatoms. The lowest BCUT2D eigenvalue weighted by Crippen LogP contribution is -2.31. The fraction of sp³-hybridized carbons (Fsp3) is 0.500. The van der Waals surface area contributed by atoms with E-state index in [2.05, 4.69) is 15.9 Å². The first-order valence-corrected chi connectivity index (χ1v) is 9.13. The van der Waals surface area contributed by atoms with E-state index in [1.54, 1.807) is 6.07 Å². The molecule has 2 aliphatic rings. The lowest BCUT2D eigenvalue weighted by atomic mass is 10.1. The van der Waals surface area contributed by atoms with Gasteiger partial charge in [0.25, 0.3) is 0 Å². The molecule has 1 N–H and O–H groups in total. The summed E-state index contributed by atoms with van der Waals surface area (Å²) >= 11 is 15.9. The number of nitrogens with zero attached hydrogens (tertiary/aromatic N) is 1. The predicted molar refractivity (Wildman–Crippen MR) is 94.5 cm³/mol. The Labute approximate surface area is 157 Å². The van der Waals surface area contributed by atoms with Gasteiger partial charge in [-0.05, 0) is 48.0 Å². The first kappa shape index (κ1) is 17.1. The highest BCUT2D eigenvalue weighted by molar-refractivity contribution is 9.10. The molecule has 2 fully saturated rings. The molecule has 5 nitrogen and oxygen atoms in total. The number of ether oxygens (including phenoxy) is 3. The molecule has 0 amide bonds. The van der Waals surface area contributed by atoms with Crippen LogP contribution in [-0.2, 0) is 14.2 Å². The molecule has 2 saturated heterocycles. The van der Waals surface area contributed by atoms with Crippen LogP contribution in [0.25, 0.3) is 10.9 Å². The van der Waals surface area contributed by atoms with Crippen molar-refractivity contribution in [1.29, 1.82) is 0 Å². The standard InChI is InChI=1S/C16H16BrCl2NO4/c1-16(2)23-13-11(6-21)22-15(14(13)24-16)20-10-5-9(19)8(18)3-7(10)4-12(20)17/h3-5,11,13-15,21H,6H2,1-2H3/t11-,13-,14-,15-/m1/s1. The SMILES string of the molecule is CC1(C)O[C@@H]2[C@H](O1)[C@@H](CO)O[C@H]2n1c(Br)cc2cc(Cl)c(Cl)cc21. The Bertz CT molecular complexity index is 809. The lowest BCUT2D eigenvalue weighted by molar-refractivity contribution is -0.199. The summed E-state index contributed by atoms with van der Waals surface area (Å²) < 4.78 is 20.8. The van der Waals surface area contributed by atoms with Crippen LogP contribution in [0.4, 0.5) is 0 Å². The number of halogens is 3. The van der Waals surface area contributed by atoms with Crippen molar-refractivity contribution in [3.05, 3.63) is 32.8 Å². The summed E-state index contributed by atoms with van der Waals surface area (Å²) in [6.07, 6.45) is -1.56. The lowest BCUT2D eigenvalue weighted by Gasteiger charge is -2.25. The average molecular weight is 437 g/mol. The van der Waals surface area contributed by atoms with Crippen LogP contribution in [0.15, 0.2) is 22.8 Å². The van der Waals surface area contributed by atoms with Gasteiger partial charge in [-0.25, -0.2) is 0 Å². The summed E-state index contributed by atoms with van der Waals surface area (Å²) in [5.41, 5.74) is 0.868. The van der Waals surface area contributed by atoms with Gasteiger partial charge in [-0.1, -0.05) is 23.2 Å². The summed E-state index contributed by atoms with van der Waals surface area (Å²) in [4.78, 5) is 0. The number of aliphatic hydroxyl groups excluding tert-OH is 1. The van der Waals surface area contributed by atoms with Gasteiger partial charge < -0.3 is 23.9 Å². The molecule has 24 heavy (non-hydrogen) atoms. The third-order valence-corrected chi connectivity index (χ3v) is 5.73. The second kappa shape index (κ2) is 5.84. The fourth-order valence-electron chi connectivity index (χ4n) is 3.46. The van der Waals surface area contributed by atoms with Crippen LogP contribution in [0.5, 0.6) is 0 Å². The summed E-state index contributed by atoms with van der Waals surface area (Å²) in [6, 6.07) is 5.56. The molecule has 1 aromatic heterocycles. The van der Waals surface area contributed by atoms with E-state index >= 15 is 0 Å². The van der Waals surface area contributed by atoms with E-state index in [9.17, 15) is 5.11 Å². The summed E-state index contributed by atoms with van der Waals surface area (Å²) in [5, 5.41) is 11.5. The zero-order valence-electron chi connectivity index (χ0n) is 13.0. The smallest absolute Gasteiger partial charge is 0.164 e. The van der Waals surface area contributed by atoms with Gasteiger partial charge >= 0.3 is 0 Å². The zero-order chi connectivity index (χ0) is 17.2. The molecule has 0 radical (unpaired) electrons. The van der Waals surface area contributed by atoms with E-state index < -0.39 is 18.1 Å². The normalized spacial score (nSPS) is 31.8. The molecule has 130 valence electrons. The molecule has 0 spiro atoms. The quantitative estimate of drug-likeness (QED) is 0.769. The van der Waals surface area contributed by atoms with E-state index in [1.165, 1.54) is 0 Å². The molecular formula is C16H16BrCl2NO4. The Morgan fingerprint density at radius 2 is 1.83 bits per heavy atom. The van der Waals surface area contributed by atoms with Crippen LogP contribution in [0.3, 0.4) is 0 Å². The summed E-state index contributed by atoms with van der Waals surface area (Å²) in [6.45, 7) is 3.58. The molecule has 0 saturated carbocycles. The van der Waals surface area contributed by atoms with Gasteiger partial charge in [-0.15, -0.1) is 0 Å². The Morgan fingerprint density at radius 1 is 1.17 bits per heavy atom. The Kier molecular flexibility index (Phi) is 4.16. The van der Waals surface area contributed by atoms with Gasteiger partial charge in [0.2, 0.25) is 0 Å². The van der Waals surface area contributed by atoms with Gasteiger partial charge in [0.05, 0.1) is 26.8 Å². The summed E-state index contributed by atoms with van der Waals surface area (Å²) in [7, 11) is 0. The predicted octanol–water partition coefficient (Wildman–Crippen LogP) is 4.12. The van der Waals surface area contributed by atoms with Crippen molar-refractivity contribution in [2.75, 3.05) is 6.61 Å². The molecule has 3 heterocycles. The monoisotopic (exact) mass is 435 g/mol. The van der Waals surface area contributed by atoms with Gasteiger partial charge in [0, 0.05) is 5.39 Å². The van der Waals surface area contributed by atoms with Crippen molar-refractivity contribution < 1.29 is 19.3 Å². The number of hydrogen-bond acceptors (Lipinski definition) is 4. The van der Waals surface area contributed by atoms with E-state index in [0.29, 0.717) is 10.0 Å². The average Bonchev–Trinajstić information content (AvgIpc) is 3.08. The van der Waals surface area contributed by atoms with E-state index in [-0.39, 0.29) is 18.8 Å². The molecule has 1 aromatic carbocycles. The van der Waals surface area contributed by atoms with Gasteiger partial charge in [0.1, 0.15) is 18.3 Å². The Balaban J connectivity index is 1.82. The number of rotatable bonds is 2. The van der Waals surface area contributed by atoms with Crippen molar-refractivity contribution >= 4 is 50.0 Å². The zero-order valence-corrected chi connectivity index (χ0v) is 16.1. The van der Waals surface area contributed by atoms with E-state index in [1.807, 2.05) is 30.5 Å². The molecule has 0 unspecified atom stereocenters. The first-order chi connectivity index (χ1) is 11.3. The molecule has 4 rings (SSSR count). The fourth-order valence-corrected chi connectivity index (χ4v) is 4.43. The van der Waals surface area contributed by atoms with Crippen LogP contribution >= 0.6 is 39.1 Å². The van der Waals surface area contributed by atoms with Gasteiger partial charge in [-0.3, -0.25) is 0 Å². The highest BCUT2D eigenvalue weighted by Gasteiger charge is 2.56. The maximum absolute atomic E-state index is 9.64. The molecular weight excluding hydrogens is 421 g/mol. The third kappa shape index (κ3) is 2.60. The Hall–Kier alpha value is -0.340. The van der Waals surface area contributed by atoms with Crippen LogP contribution < -0.4 is 0 Å². The second-order valence-corrected chi connectivity index (χ2v) is 8.10. The van der Waals surface area contributed by atoms with Gasteiger partial charge in [0.15, 0.2) is 12.0 Å². The minimum Gasteiger partial charge on any atom is -0.394 e. The summed E-state index contributed by atoms with van der Waals surface area (Å²) in [5.74, 6) is -0.721. The van der Waals surface area contributed by atoms with Gasteiger partial charge in [-0.2, -0.15) is 0 Å². The molecule has 4 atom stereocenters. The van der Waals surface area contributed by atoms with Crippen molar-refractivity contribution in [2.45, 2.75) is 44.2 Å². The topological polar surface area (TPSA) is 52.9 Å². The largest absolute Gasteiger partial charge is 0.394 e. The van der Waals surface area contributed by atoms with Crippen LogP contribution in [0, 0.1) is 0 Å².